The third kappa shape index (κ3) is 3.93. The number of ether oxygens (including phenoxy) is 1. The number of nitrogens with two attached hydrogens (primary N) is 1. The lowest BCUT2D eigenvalue weighted by molar-refractivity contribution is 0.0923. The lowest BCUT2D eigenvalue weighted by Crippen LogP contribution is -2.45. The van der Waals surface area contributed by atoms with Crippen LogP contribution < -0.4 is 15.8 Å². The first-order valence-corrected chi connectivity index (χ1v) is 7.68. The van der Waals surface area contributed by atoms with E-state index in [0.717, 1.165) is 0 Å². The fourth-order valence-corrected chi connectivity index (χ4v) is 2.80. The fourth-order valence-electron chi connectivity index (χ4n) is 2.28. The molecule has 0 bridgehead atoms. The zero-order valence-electron chi connectivity index (χ0n) is 11.7. The van der Waals surface area contributed by atoms with Gasteiger partial charge in [-0.05, 0) is 31.0 Å². The van der Waals surface area contributed by atoms with E-state index in [1.807, 2.05) is 0 Å². The Morgan fingerprint density at radius 2 is 2.14 bits per heavy atom. The molecule has 0 spiro atoms. The van der Waals surface area contributed by atoms with E-state index in [1.54, 1.807) is 18.2 Å². The molecule has 0 aromatic heterocycles. The van der Waals surface area contributed by atoms with Gasteiger partial charge >= 0.3 is 0 Å². The van der Waals surface area contributed by atoms with E-state index in [2.05, 4.69) is 5.32 Å². The van der Waals surface area contributed by atoms with Crippen molar-refractivity contribution in [2.75, 3.05) is 25.9 Å². The van der Waals surface area contributed by atoms with E-state index >= 15 is 0 Å². The van der Waals surface area contributed by atoms with Gasteiger partial charge < -0.3 is 15.8 Å². The zero-order chi connectivity index (χ0) is 15.4. The van der Waals surface area contributed by atoms with Crippen molar-refractivity contribution in [3.8, 4) is 5.75 Å². The number of methoxy groups -OCH3 is 1. The van der Waals surface area contributed by atoms with E-state index < -0.39 is 11.3 Å². The molecule has 1 atom stereocenters. The van der Waals surface area contributed by atoms with Gasteiger partial charge in [0.1, 0.15) is 5.75 Å². The summed E-state index contributed by atoms with van der Waals surface area (Å²) in [6, 6.07) is 4.87. The molecule has 116 valence electrons. The molecule has 21 heavy (non-hydrogen) atoms. The molecule has 1 aromatic carbocycles. The number of carbonyl (C=O) groups is 1. The number of nitrogens with zero attached hydrogens (tertiary/aromatic N) is 1. The van der Waals surface area contributed by atoms with Gasteiger partial charge in [0.15, 0.2) is 0 Å². The number of hydrogen-bond donors (Lipinski definition) is 3. The van der Waals surface area contributed by atoms with Crippen molar-refractivity contribution in [2.24, 2.45) is 0 Å². The van der Waals surface area contributed by atoms with Crippen molar-refractivity contribution in [2.45, 2.75) is 18.9 Å². The van der Waals surface area contributed by atoms with Crippen molar-refractivity contribution < 1.29 is 18.3 Å². The average molecular weight is 313 g/mol. The van der Waals surface area contributed by atoms with E-state index in [9.17, 15) is 9.00 Å². The summed E-state index contributed by atoms with van der Waals surface area (Å²) in [5, 5.41) is 2.92. The molecule has 2 rings (SSSR count). The molecule has 1 aliphatic rings. The number of rotatable bonds is 4. The van der Waals surface area contributed by atoms with Crippen molar-refractivity contribution in [1.82, 2.24) is 9.62 Å². The highest BCUT2D eigenvalue weighted by Crippen LogP contribution is 2.22. The molecule has 0 saturated carbocycles. The van der Waals surface area contributed by atoms with Gasteiger partial charge in [-0.2, -0.15) is 0 Å². The molecule has 1 aliphatic heterocycles. The van der Waals surface area contributed by atoms with Crippen molar-refractivity contribution in [3.63, 3.8) is 0 Å². The van der Waals surface area contributed by atoms with E-state index in [0.29, 0.717) is 42.9 Å². The highest BCUT2D eigenvalue weighted by Gasteiger charge is 2.23. The maximum atomic E-state index is 12.2. The Kier molecular flexibility index (Phi) is 5.16. The highest BCUT2D eigenvalue weighted by molar-refractivity contribution is 7.76. The number of anilines is 1. The van der Waals surface area contributed by atoms with Crippen LogP contribution in [0.4, 0.5) is 5.69 Å². The van der Waals surface area contributed by atoms with Crippen molar-refractivity contribution >= 4 is 22.9 Å². The minimum atomic E-state index is -1.93. The van der Waals surface area contributed by atoms with Crippen LogP contribution in [0.3, 0.4) is 0 Å². The molecule has 1 amide bonds. The molecule has 1 unspecified atom stereocenters. The quantitative estimate of drug-likeness (QED) is 0.558. The normalized spacial score (nSPS) is 18.2. The van der Waals surface area contributed by atoms with Gasteiger partial charge in [-0.25, -0.2) is 8.51 Å². The first-order valence-electron chi connectivity index (χ1n) is 6.61. The third-order valence-electron chi connectivity index (χ3n) is 3.51. The van der Waals surface area contributed by atoms with Gasteiger partial charge in [-0.3, -0.25) is 9.35 Å². The van der Waals surface area contributed by atoms with Gasteiger partial charge in [-0.1, -0.05) is 0 Å². The van der Waals surface area contributed by atoms with Gasteiger partial charge in [0.2, 0.25) is 11.3 Å². The Labute approximate surface area is 125 Å². The molecule has 0 aliphatic carbocycles. The second kappa shape index (κ2) is 6.88. The molecule has 8 heteroatoms. The molecule has 1 saturated heterocycles. The monoisotopic (exact) mass is 313 g/mol. The minimum Gasteiger partial charge on any atom is -0.495 e. The number of hydrogen-bond acceptors (Lipinski definition) is 4. The van der Waals surface area contributed by atoms with Crippen LogP contribution in [0.25, 0.3) is 0 Å². The smallest absolute Gasteiger partial charge is 0.251 e. The number of nitrogen functional groups attached to an aromatic ring is 1. The molecule has 1 aromatic rings. The van der Waals surface area contributed by atoms with Crippen LogP contribution in [0.15, 0.2) is 18.2 Å². The minimum absolute atomic E-state index is 0.000785. The molecule has 1 heterocycles. The molecule has 0 radical (unpaired) electrons. The summed E-state index contributed by atoms with van der Waals surface area (Å²) in [6.45, 7) is 0.970. The van der Waals surface area contributed by atoms with Gasteiger partial charge in [0, 0.05) is 24.7 Å². The first kappa shape index (κ1) is 15.7. The first-order chi connectivity index (χ1) is 10.0. The van der Waals surface area contributed by atoms with Gasteiger partial charge in [-0.15, -0.1) is 0 Å². The lowest BCUT2D eigenvalue weighted by Gasteiger charge is -2.29. The van der Waals surface area contributed by atoms with Gasteiger partial charge in [0.05, 0.1) is 12.8 Å². The Hall–Kier alpha value is -1.64. The predicted molar refractivity (Wildman–Crippen MR) is 80.2 cm³/mol. The lowest BCUT2D eigenvalue weighted by atomic mass is 10.1. The van der Waals surface area contributed by atoms with Gasteiger partial charge in [0.25, 0.3) is 5.91 Å². The third-order valence-corrected chi connectivity index (χ3v) is 4.31. The van der Waals surface area contributed by atoms with Crippen molar-refractivity contribution in [3.05, 3.63) is 23.8 Å². The summed E-state index contributed by atoms with van der Waals surface area (Å²) in [4.78, 5) is 12.2. The molecular formula is C13H19N3O4S. The Bertz CT molecular complexity index is 544. The summed E-state index contributed by atoms with van der Waals surface area (Å²) in [5.74, 6) is 0.269. The summed E-state index contributed by atoms with van der Waals surface area (Å²) < 4.78 is 26.5. The second-order valence-electron chi connectivity index (χ2n) is 4.86. The molecule has 4 N–H and O–H groups in total. The van der Waals surface area contributed by atoms with Crippen LogP contribution in [0.5, 0.6) is 5.75 Å². The van der Waals surface area contributed by atoms with Crippen LogP contribution in [-0.4, -0.2) is 45.2 Å². The SMILES string of the molecule is COc1cc(C(=O)NC2CCN(S(=O)O)CC2)ccc1N. The van der Waals surface area contributed by atoms with E-state index in [-0.39, 0.29) is 11.9 Å². The standard InChI is InChI=1S/C13H19N3O4S/c1-20-12-8-9(2-3-11(12)14)13(17)15-10-4-6-16(7-5-10)21(18)19/h2-3,8,10H,4-7,14H2,1H3,(H,15,17)(H,18,19). The number of piperidine rings is 1. The van der Waals surface area contributed by atoms with E-state index in [1.165, 1.54) is 11.4 Å². The Morgan fingerprint density at radius 1 is 1.48 bits per heavy atom. The second-order valence-corrected chi connectivity index (χ2v) is 5.84. The van der Waals surface area contributed by atoms with Crippen LogP contribution in [0.2, 0.25) is 0 Å². The largest absolute Gasteiger partial charge is 0.495 e. The topological polar surface area (TPSA) is 105 Å². The van der Waals surface area contributed by atoms with Crippen LogP contribution in [-0.2, 0) is 11.3 Å². The summed E-state index contributed by atoms with van der Waals surface area (Å²) in [7, 11) is 1.50. The molecular weight excluding hydrogens is 294 g/mol. The number of amides is 1. The summed E-state index contributed by atoms with van der Waals surface area (Å²) >= 11 is -1.93. The van der Waals surface area contributed by atoms with Crippen LogP contribution in [0.1, 0.15) is 23.2 Å². The maximum absolute atomic E-state index is 12.2. The summed E-state index contributed by atoms with van der Waals surface area (Å²) in [5.41, 5.74) is 6.67. The number of benzene rings is 1. The maximum Gasteiger partial charge on any atom is 0.251 e. The highest BCUT2D eigenvalue weighted by atomic mass is 32.2. The molecule has 1 fully saturated rings. The van der Waals surface area contributed by atoms with Crippen molar-refractivity contribution in [1.29, 1.82) is 0 Å². The fraction of sp³-hybridized carbons (Fsp3) is 0.462. The number of carbonyl (C=O) groups excluding carboxylic acids is 1. The van der Waals surface area contributed by atoms with Crippen LogP contribution >= 0.6 is 0 Å². The molecule has 7 nitrogen and oxygen atoms in total. The average Bonchev–Trinajstić information content (AvgIpc) is 2.48. The predicted octanol–water partition coefficient (Wildman–Crippen LogP) is 0.608. The van der Waals surface area contributed by atoms with E-state index in [4.69, 9.17) is 15.0 Å². The summed E-state index contributed by atoms with van der Waals surface area (Å²) in [6.07, 6.45) is 1.29. The number of nitrogens with one attached hydrogen (secondary N) is 1. The Balaban J connectivity index is 1.95. The van der Waals surface area contributed by atoms with Crippen LogP contribution in [0, 0.1) is 0 Å². The Morgan fingerprint density at radius 3 is 2.71 bits per heavy atom. The zero-order valence-corrected chi connectivity index (χ0v) is 12.6.